The molecule has 0 unspecified atom stereocenters. The quantitative estimate of drug-likeness (QED) is 0.565. The molecule has 0 aromatic rings. The van der Waals surface area contributed by atoms with Crippen LogP contribution >= 0.6 is 0 Å². The molecule has 1 aliphatic carbocycles. The Morgan fingerprint density at radius 2 is 2.07 bits per heavy atom. The van der Waals surface area contributed by atoms with Gasteiger partial charge in [0.25, 0.3) is 0 Å². The number of hydrogen-bond donors (Lipinski definition) is 1. The lowest BCUT2D eigenvalue weighted by molar-refractivity contribution is 0.492. The van der Waals surface area contributed by atoms with E-state index >= 15 is 0 Å². The van der Waals surface area contributed by atoms with Gasteiger partial charge in [0.2, 0.25) is 0 Å². The van der Waals surface area contributed by atoms with Gasteiger partial charge in [-0.05, 0) is 32.1 Å². The van der Waals surface area contributed by atoms with Crippen molar-refractivity contribution in [2.75, 3.05) is 26.2 Å². The minimum Gasteiger partial charge on any atom is -0.357 e. The van der Waals surface area contributed by atoms with Crippen LogP contribution in [0.1, 0.15) is 39.0 Å². The molecule has 3 heteroatoms. The Labute approximate surface area is 92.9 Å². The average Bonchev–Trinajstić information content (AvgIpc) is 2.91. The highest BCUT2D eigenvalue weighted by molar-refractivity contribution is 5.80. The summed E-state index contributed by atoms with van der Waals surface area (Å²) >= 11 is 0. The summed E-state index contributed by atoms with van der Waals surface area (Å²) in [6.45, 7) is 6.53. The molecule has 0 aromatic carbocycles. The molecule has 1 saturated carbocycles. The number of guanidine groups is 1. The highest BCUT2D eigenvalue weighted by Gasteiger charge is 2.21. The maximum absolute atomic E-state index is 4.71. The second kappa shape index (κ2) is 5.38. The molecule has 2 rings (SSSR count). The first-order chi connectivity index (χ1) is 7.40. The topological polar surface area (TPSA) is 27.6 Å². The molecule has 1 N–H and O–H groups in total. The van der Waals surface area contributed by atoms with E-state index in [-0.39, 0.29) is 0 Å². The Morgan fingerprint density at radius 3 is 2.67 bits per heavy atom. The van der Waals surface area contributed by atoms with E-state index < -0.39 is 0 Å². The van der Waals surface area contributed by atoms with Crippen LogP contribution in [-0.4, -0.2) is 37.0 Å². The lowest BCUT2D eigenvalue weighted by Gasteiger charge is -2.20. The summed E-state index contributed by atoms with van der Waals surface area (Å²) in [7, 11) is 0. The highest BCUT2D eigenvalue weighted by atomic mass is 15.3. The van der Waals surface area contributed by atoms with Crippen LogP contribution in [0.2, 0.25) is 0 Å². The highest BCUT2D eigenvalue weighted by Crippen LogP contribution is 2.32. The van der Waals surface area contributed by atoms with Crippen molar-refractivity contribution < 1.29 is 0 Å². The van der Waals surface area contributed by atoms with Gasteiger partial charge in [0, 0.05) is 26.2 Å². The van der Waals surface area contributed by atoms with Crippen LogP contribution in [0.25, 0.3) is 0 Å². The second-order valence-corrected chi connectivity index (χ2v) is 4.66. The zero-order chi connectivity index (χ0) is 10.5. The van der Waals surface area contributed by atoms with Gasteiger partial charge in [-0.2, -0.15) is 0 Å². The maximum atomic E-state index is 4.71. The summed E-state index contributed by atoms with van der Waals surface area (Å²) in [6, 6.07) is 0. The van der Waals surface area contributed by atoms with Crippen molar-refractivity contribution in [2.24, 2.45) is 10.9 Å². The SMILES string of the molecule is CCNC(=NCCC1CC1)N1CCCC1. The first-order valence-electron chi connectivity index (χ1n) is 6.43. The van der Waals surface area contributed by atoms with E-state index in [1.807, 2.05) is 0 Å². The van der Waals surface area contributed by atoms with Gasteiger partial charge in [-0.1, -0.05) is 12.8 Å². The summed E-state index contributed by atoms with van der Waals surface area (Å²) in [5.74, 6) is 2.14. The number of rotatable bonds is 4. The summed E-state index contributed by atoms with van der Waals surface area (Å²) in [5.41, 5.74) is 0. The van der Waals surface area contributed by atoms with Gasteiger partial charge in [-0.3, -0.25) is 4.99 Å². The first kappa shape index (κ1) is 10.8. The molecule has 0 aromatic heterocycles. The average molecular weight is 209 g/mol. The van der Waals surface area contributed by atoms with Crippen LogP contribution in [0.4, 0.5) is 0 Å². The maximum Gasteiger partial charge on any atom is 0.193 e. The zero-order valence-corrected chi connectivity index (χ0v) is 9.84. The van der Waals surface area contributed by atoms with Gasteiger partial charge >= 0.3 is 0 Å². The van der Waals surface area contributed by atoms with E-state index in [9.17, 15) is 0 Å². The van der Waals surface area contributed by atoms with E-state index in [4.69, 9.17) is 4.99 Å². The van der Waals surface area contributed by atoms with Crippen LogP contribution < -0.4 is 5.32 Å². The monoisotopic (exact) mass is 209 g/mol. The molecule has 1 saturated heterocycles. The second-order valence-electron chi connectivity index (χ2n) is 4.66. The van der Waals surface area contributed by atoms with Crippen LogP contribution in [0.5, 0.6) is 0 Å². The summed E-state index contributed by atoms with van der Waals surface area (Å²) in [6.07, 6.45) is 6.83. The standard InChI is InChI=1S/C12H23N3/c1-2-13-12(15-9-3-4-10-15)14-8-7-11-5-6-11/h11H,2-10H2,1H3,(H,13,14). The number of hydrogen-bond acceptors (Lipinski definition) is 1. The lowest BCUT2D eigenvalue weighted by atomic mass is 10.3. The number of aliphatic imine (C=N–C) groups is 1. The van der Waals surface area contributed by atoms with Gasteiger partial charge in [-0.25, -0.2) is 0 Å². The van der Waals surface area contributed by atoms with Gasteiger partial charge in [0.15, 0.2) is 5.96 Å². The van der Waals surface area contributed by atoms with Crippen molar-refractivity contribution in [2.45, 2.75) is 39.0 Å². The molecule has 0 spiro atoms. The van der Waals surface area contributed by atoms with Gasteiger partial charge in [0.05, 0.1) is 0 Å². The molecule has 1 heterocycles. The van der Waals surface area contributed by atoms with E-state index in [2.05, 4.69) is 17.1 Å². The Morgan fingerprint density at radius 1 is 1.33 bits per heavy atom. The minimum atomic E-state index is 0.985. The summed E-state index contributed by atoms with van der Waals surface area (Å²) in [5, 5.41) is 3.39. The molecular formula is C12H23N3. The number of nitrogens with zero attached hydrogens (tertiary/aromatic N) is 2. The van der Waals surface area contributed by atoms with Crippen LogP contribution in [0.3, 0.4) is 0 Å². The molecule has 0 amide bonds. The van der Waals surface area contributed by atoms with Gasteiger partial charge < -0.3 is 10.2 Å². The molecular weight excluding hydrogens is 186 g/mol. The third-order valence-electron chi connectivity index (χ3n) is 3.24. The Kier molecular flexibility index (Phi) is 3.87. The van der Waals surface area contributed by atoms with Crippen molar-refractivity contribution in [1.82, 2.24) is 10.2 Å². The van der Waals surface area contributed by atoms with Gasteiger partial charge in [-0.15, -0.1) is 0 Å². The van der Waals surface area contributed by atoms with Crippen LogP contribution in [0.15, 0.2) is 4.99 Å². The fraction of sp³-hybridized carbons (Fsp3) is 0.917. The molecule has 0 radical (unpaired) electrons. The van der Waals surface area contributed by atoms with Crippen molar-refractivity contribution >= 4 is 5.96 Å². The smallest absolute Gasteiger partial charge is 0.193 e. The number of nitrogens with one attached hydrogen (secondary N) is 1. The molecule has 2 fully saturated rings. The van der Waals surface area contributed by atoms with Crippen LogP contribution in [0, 0.1) is 5.92 Å². The Balaban J connectivity index is 1.79. The van der Waals surface area contributed by atoms with Crippen molar-refractivity contribution in [3.8, 4) is 0 Å². The summed E-state index contributed by atoms with van der Waals surface area (Å²) < 4.78 is 0. The fourth-order valence-corrected chi connectivity index (χ4v) is 2.11. The van der Waals surface area contributed by atoms with E-state index in [1.54, 1.807) is 0 Å². The third-order valence-corrected chi connectivity index (χ3v) is 3.24. The lowest BCUT2D eigenvalue weighted by Crippen LogP contribution is -2.39. The van der Waals surface area contributed by atoms with Crippen molar-refractivity contribution in [3.63, 3.8) is 0 Å². The molecule has 2 aliphatic rings. The predicted molar refractivity (Wildman–Crippen MR) is 64.1 cm³/mol. The Hall–Kier alpha value is -0.730. The van der Waals surface area contributed by atoms with E-state index in [1.165, 1.54) is 45.2 Å². The first-order valence-corrected chi connectivity index (χ1v) is 6.43. The third kappa shape index (κ3) is 3.40. The van der Waals surface area contributed by atoms with E-state index in [0.717, 1.165) is 25.0 Å². The fourth-order valence-electron chi connectivity index (χ4n) is 2.11. The largest absolute Gasteiger partial charge is 0.357 e. The van der Waals surface area contributed by atoms with Crippen molar-refractivity contribution in [1.29, 1.82) is 0 Å². The number of likely N-dealkylation sites (tertiary alicyclic amines) is 1. The van der Waals surface area contributed by atoms with Crippen LogP contribution in [-0.2, 0) is 0 Å². The molecule has 3 nitrogen and oxygen atoms in total. The molecule has 0 atom stereocenters. The van der Waals surface area contributed by atoms with E-state index in [0.29, 0.717) is 0 Å². The van der Waals surface area contributed by atoms with Crippen molar-refractivity contribution in [3.05, 3.63) is 0 Å². The predicted octanol–water partition coefficient (Wildman–Crippen LogP) is 1.85. The molecule has 15 heavy (non-hydrogen) atoms. The zero-order valence-electron chi connectivity index (χ0n) is 9.84. The van der Waals surface area contributed by atoms with Gasteiger partial charge in [0.1, 0.15) is 0 Å². The summed E-state index contributed by atoms with van der Waals surface area (Å²) in [4.78, 5) is 7.11. The molecule has 0 bridgehead atoms. The molecule has 86 valence electrons. The molecule has 1 aliphatic heterocycles. The minimum absolute atomic E-state index is 0.985. The normalized spacial score (nSPS) is 22.2. The Bertz CT molecular complexity index is 215.